The lowest BCUT2D eigenvalue weighted by Gasteiger charge is -2.31. The van der Waals surface area contributed by atoms with Gasteiger partial charge in [0.1, 0.15) is 6.04 Å². The molecule has 1 saturated heterocycles. The average Bonchev–Trinajstić information content (AvgIpc) is 3.37. The van der Waals surface area contributed by atoms with Crippen molar-refractivity contribution < 1.29 is 4.79 Å². The van der Waals surface area contributed by atoms with Crippen LogP contribution in [0.4, 0.5) is 0 Å². The van der Waals surface area contributed by atoms with E-state index in [1.807, 2.05) is 12.2 Å². The molecule has 1 aromatic heterocycles. The number of aromatic nitrogens is 3. The number of allylic oxidation sites excluding steroid dienone is 2. The standard InChI is InChI=1S/C20H27N9O/c30-20(23-15-12-22-7-3-6-16(15)29-10-8-21-9-11-29)19-24-18(27-28-19)17-13-4-1-2-5-14(13)25-26-17/h3,6,12-14,17,21H,1-2,4-5,7-11H2,(H,23,30)(H,24,27,28). The number of rotatable bonds is 4. The van der Waals surface area contributed by atoms with Crippen molar-refractivity contribution >= 4 is 12.1 Å². The van der Waals surface area contributed by atoms with Gasteiger partial charge in [-0.1, -0.05) is 18.9 Å². The van der Waals surface area contributed by atoms with Crippen LogP contribution in [0.25, 0.3) is 0 Å². The van der Waals surface area contributed by atoms with Crippen molar-refractivity contribution in [2.75, 3.05) is 32.7 Å². The van der Waals surface area contributed by atoms with E-state index in [4.69, 9.17) is 0 Å². The SMILES string of the molecule is O=C(NC1=C(N2CCNCC2)C=CCN=C1)c1n[nH]c(C2N=NC3CCCCC32)n1. The second-order valence-corrected chi connectivity index (χ2v) is 8.12. The summed E-state index contributed by atoms with van der Waals surface area (Å²) in [5.41, 5.74) is 1.64. The lowest BCUT2D eigenvalue weighted by Crippen LogP contribution is -2.43. The third-order valence-corrected chi connectivity index (χ3v) is 6.20. The van der Waals surface area contributed by atoms with E-state index in [-0.39, 0.29) is 23.8 Å². The normalized spacial score (nSPS) is 28.5. The monoisotopic (exact) mass is 409 g/mol. The molecule has 3 N–H and O–H groups in total. The summed E-state index contributed by atoms with van der Waals surface area (Å²) in [5.74, 6) is 0.762. The highest BCUT2D eigenvalue weighted by molar-refractivity contribution is 5.96. The molecular formula is C20H27N9O. The summed E-state index contributed by atoms with van der Waals surface area (Å²) in [6, 6.07) is 0.161. The number of aromatic amines is 1. The van der Waals surface area contributed by atoms with Crippen molar-refractivity contribution in [3.63, 3.8) is 0 Å². The second kappa shape index (κ2) is 8.47. The smallest absolute Gasteiger partial charge is 0.295 e. The summed E-state index contributed by atoms with van der Waals surface area (Å²) < 4.78 is 0. The highest BCUT2D eigenvalue weighted by atomic mass is 16.2. The van der Waals surface area contributed by atoms with E-state index in [9.17, 15) is 4.79 Å². The molecule has 10 nitrogen and oxygen atoms in total. The number of nitrogens with zero attached hydrogens (tertiary/aromatic N) is 6. The number of carbonyl (C=O) groups is 1. The number of nitrogens with one attached hydrogen (secondary N) is 3. The number of hydrogen-bond acceptors (Lipinski definition) is 8. The first-order chi connectivity index (χ1) is 14.8. The Morgan fingerprint density at radius 1 is 1.17 bits per heavy atom. The molecule has 4 aliphatic rings. The number of piperazine rings is 1. The zero-order valence-corrected chi connectivity index (χ0v) is 16.9. The molecular weight excluding hydrogens is 382 g/mol. The second-order valence-electron chi connectivity index (χ2n) is 8.12. The Bertz CT molecular complexity index is 909. The van der Waals surface area contributed by atoms with Gasteiger partial charge >= 0.3 is 0 Å². The molecule has 3 unspecified atom stereocenters. The number of aliphatic imine (C=N–C) groups is 1. The molecule has 3 aliphatic heterocycles. The summed E-state index contributed by atoms with van der Waals surface area (Å²) in [6.07, 6.45) is 10.3. The van der Waals surface area contributed by atoms with Gasteiger partial charge in [-0.15, -0.1) is 5.10 Å². The van der Waals surface area contributed by atoms with E-state index in [0.717, 1.165) is 44.7 Å². The van der Waals surface area contributed by atoms with Gasteiger partial charge in [0.2, 0.25) is 5.82 Å². The minimum absolute atomic E-state index is 0.119. The maximum atomic E-state index is 12.9. The molecule has 158 valence electrons. The Balaban J connectivity index is 1.33. The van der Waals surface area contributed by atoms with Crippen molar-refractivity contribution in [1.82, 2.24) is 30.7 Å². The lowest BCUT2D eigenvalue weighted by molar-refractivity contribution is 0.0957. The summed E-state index contributed by atoms with van der Waals surface area (Å²) >= 11 is 0. The number of H-pyrrole nitrogens is 1. The van der Waals surface area contributed by atoms with Crippen LogP contribution in [0.2, 0.25) is 0 Å². The Morgan fingerprint density at radius 3 is 2.93 bits per heavy atom. The Hall–Kier alpha value is -2.88. The summed E-state index contributed by atoms with van der Waals surface area (Å²) in [7, 11) is 0. The van der Waals surface area contributed by atoms with Gasteiger partial charge in [-0.3, -0.25) is 14.9 Å². The number of carbonyl (C=O) groups excluding carboxylic acids is 1. The molecule has 5 rings (SSSR count). The van der Waals surface area contributed by atoms with Crippen LogP contribution in [0.1, 0.15) is 48.2 Å². The van der Waals surface area contributed by atoms with Crippen LogP contribution in [-0.2, 0) is 0 Å². The van der Waals surface area contributed by atoms with E-state index >= 15 is 0 Å². The fourth-order valence-corrected chi connectivity index (χ4v) is 4.64. The largest absolute Gasteiger partial charge is 0.367 e. The lowest BCUT2D eigenvalue weighted by atomic mass is 9.81. The summed E-state index contributed by atoms with van der Waals surface area (Å²) in [6.45, 7) is 4.19. The zero-order chi connectivity index (χ0) is 20.3. The van der Waals surface area contributed by atoms with Crippen molar-refractivity contribution in [2.45, 2.75) is 37.8 Å². The summed E-state index contributed by atoms with van der Waals surface area (Å²) in [4.78, 5) is 24.0. The molecule has 3 atom stereocenters. The highest BCUT2D eigenvalue weighted by Crippen LogP contribution is 2.42. The van der Waals surface area contributed by atoms with Gasteiger partial charge in [0.05, 0.1) is 24.0 Å². The van der Waals surface area contributed by atoms with E-state index < -0.39 is 0 Å². The molecule has 1 aliphatic carbocycles. The molecule has 0 bridgehead atoms. The van der Waals surface area contributed by atoms with E-state index in [1.165, 1.54) is 12.8 Å². The molecule has 1 saturated carbocycles. The van der Waals surface area contributed by atoms with E-state index in [2.05, 4.69) is 45.9 Å². The first-order valence-electron chi connectivity index (χ1n) is 10.8. The van der Waals surface area contributed by atoms with Crippen LogP contribution in [0.5, 0.6) is 0 Å². The fourth-order valence-electron chi connectivity index (χ4n) is 4.64. The van der Waals surface area contributed by atoms with Crippen molar-refractivity contribution in [3.8, 4) is 0 Å². The summed E-state index contributed by atoms with van der Waals surface area (Å²) in [5, 5.41) is 22.3. The Kier molecular flexibility index (Phi) is 5.39. The van der Waals surface area contributed by atoms with Gasteiger partial charge < -0.3 is 15.5 Å². The maximum Gasteiger partial charge on any atom is 0.295 e. The zero-order valence-electron chi connectivity index (χ0n) is 16.9. The fraction of sp³-hybridized carbons (Fsp3) is 0.600. The van der Waals surface area contributed by atoms with Crippen LogP contribution in [0.15, 0.2) is 38.8 Å². The Labute approximate surface area is 175 Å². The topological polar surface area (TPSA) is 123 Å². The van der Waals surface area contributed by atoms with Crippen LogP contribution < -0.4 is 10.6 Å². The molecule has 0 spiro atoms. The van der Waals surface area contributed by atoms with Crippen molar-refractivity contribution in [3.05, 3.63) is 35.2 Å². The number of hydrogen-bond donors (Lipinski definition) is 3. The molecule has 4 heterocycles. The minimum Gasteiger partial charge on any atom is -0.367 e. The minimum atomic E-state index is -0.350. The number of amides is 1. The number of fused-ring (bicyclic) bond motifs is 1. The molecule has 30 heavy (non-hydrogen) atoms. The van der Waals surface area contributed by atoms with E-state index in [0.29, 0.717) is 24.0 Å². The third kappa shape index (κ3) is 3.79. The average molecular weight is 409 g/mol. The van der Waals surface area contributed by atoms with Gasteiger partial charge in [0, 0.05) is 38.3 Å². The van der Waals surface area contributed by atoms with Gasteiger partial charge in [-0.2, -0.15) is 10.2 Å². The van der Waals surface area contributed by atoms with Crippen molar-refractivity contribution in [1.29, 1.82) is 0 Å². The van der Waals surface area contributed by atoms with Gasteiger partial charge in [-0.25, -0.2) is 4.98 Å². The van der Waals surface area contributed by atoms with Gasteiger partial charge in [0.15, 0.2) is 5.82 Å². The number of azo groups is 1. The molecule has 10 heteroatoms. The molecule has 2 fully saturated rings. The molecule has 0 radical (unpaired) electrons. The highest BCUT2D eigenvalue weighted by Gasteiger charge is 2.39. The van der Waals surface area contributed by atoms with Crippen molar-refractivity contribution in [2.24, 2.45) is 21.1 Å². The predicted octanol–water partition coefficient (Wildman–Crippen LogP) is 1.36. The van der Waals surface area contributed by atoms with Gasteiger partial charge in [-0.05, 0) is 18.9 Å². The van der Waals surface area contributed by atoms with Crippen LogP contribution in [0.3, 0.4) is 0 Å². The van der Waals surface area contributed by atoms with E-state index in [1.54, 1.807) is 6.21 Å². The molecule has 1 aromatic rings. The Morgan fingerprint density at radius 2 is 2.03 bits per heavy atom. The predicted molar refractivity (Wildman–Crippen MR) is 111 cm³/mol. The maximum absolute atomic E-state index is 12.9. The van der Waals surface area contributed by atoms with Crippen LogP contribution >= 0.6 is 0 Å². The first-order valence-corrected chi connectivity index (χ1v) is 10.8. The van der Waals surface area contributed by atoms with Gasteiger partial charge in [0.25, 0.3) is 5.91 Å². The third-order valence-electron chi connectivity index (χ3n) is 6.20. The quantitative estimate of drug-likeness (QED) is 0.693. The molecule has 1 amide bonds. The van der Waals surface area contributed by atoms with Crippen LogP contribution in [0, 0.1) is 5.92 Å². The first kappa shape index (κ1) is 19.1. The van der Waals surface area contributed by atoms with Crippen LogP contribution in [-0.4, -0.2) is 71.0 Å². The molecule has 0 aromatic carbocycles.